The number of alkyl halides is 3. The minimum Gasteiger partial charge on any atom is -0.355 e. The van der Waals surface area contributed by atoms with Gasteiger partial charge in [-0.3, -0.25) is 4.79 Å². The van der Waals surface area contributed by atoms with Crippen molar-refractivity contribution < 1.29 is 26.4 Å². The smallest absolute Gasteiger partial charge is 0.355 e. The summed E-state index contributed by atoms with van der Waals surface area (Å²) in [7, 11) is -4.03. The van der Waals surface area contributed by atoms with Crippen molar-refractivity contribution >= 4 is 27.2 Å². The minimum absolute atomic E-state index is 0.0152. The summed E-state index contributed by atoms with van der Waals surface area (Å²) < 4.78 is 61.5. The standard InChI is InChI=1S/C16H15F3N2O3S/c1-9-6-13(25(20,23)24)8-14(10(2)22)15(9)21-12-5-3-4-11(7-12)16(17,18)19/h3-8,21H,1-2H3,(H2,20,23,24). The van der Waals surface area contributed by atoms with Gasteiger partial charge in [-0.2, -0.15) is 13.2 Å². The van der Waals surface area contributed by atoms with Crippen LogP contribution in [0.25, 0.3) is 0 Å². The molecular formula is C16H15F3N2O3S. The van der Waals surface area contributed by atoms with E-state index >= 15 is 0 Å². The zero-order valence-corrected chi connectivity index (χ0v) is 14.1. The van der Waals surface area contributed by atoms with Gasteiger partial charge in [-0.15, -0.1) is 0 Å². The van der Waals surface area contributed by atoms with Crippen molar-refractivity contribution in [2.45, 2.75) is 24.9 Å². The molecule has 2 aromatic rings. The van der Waals surface area contributed by atoms with Crippen molar-refractivity contribution in [3.05, 3.63) is 53.1 Å². The van der Waals surface area contributed by atoms with E-state index in [1.807, 2.05) is 0 Å². The quantitative estimate of drug-likeness (QED) is 0.803. The van der Waals surface area contributed by atoms with Gasteiger partial charge in [0.2, 0.25) is 10.0 Å². The summed E-state index contributed by atoms with van der Waals surface area (Å²) in [6.07, 6.45) is -4.51. The number of halogens is 3. The number of hydrogen-bond donors (Lipinski definition) is 2. The number of sulfonamides is 1. The number of rotatable bonds is 4. The lowest BCUT2D eigenvalue weighted by molar-refractivity contribution is -0.137. The van der Waals surface area contributed by atoms with Crippen LogP contribution in [-0.2, 0) is 16.2 Å². The molecule has 0 unspecified atom stereocenters. The lowest BCUT2D eigenvalue weighted by atomic mass is 10.0. The average molecular weight is 372 g/mol. The van der Waals surface area contributed by atoms with Gasteiger partial charge in [0.1, 0.15) is 0 Å². The van der Waals surface area contributed by atoms with Crippen LogP contribution < -0.4 is 10.5 Å². The van der Waals surface area contributed by atoms with Crippen LogP contribution in [0.2, 0.25) is 0 Å². The highest BCUT2D eigenvalue weighted by atomic mass is 32.2. The van der Waals surface area contributed by atoms with Crippen LogP contribution in [0.5, 0.6) is 0 Å². The Morgan fingerprint density at radius 3 is 2.32 bits per heavy atom. The largest absolute Gasteiger partial charge is 0.416 e. The maximum atomic E-state index is 12.8. The van der Waals surface area contributed by atoms with E-state index in [1.165, 1.54) is 32.0 Å². The number of ketones is 1. The van der Waals surface area contributed by atoms with Crippen LogP contribution in [0.4, 0.5) is 24.5 Å². The Morgan fingerprint density at radius 1 is 1.16 bits per heavy atom. The molecule has 0 spiro atoms. The van der Waals surface area contributed by atoms with Crippen molar-refractivity contribution in [3.63, 3.8) is 0 Å². The third-order valence-corrected chi connectivity index (χ3v) is 4.37. The van der Waals surface area contributed by atoms with Gasteiger partial charge in [0.05, 0.1) is 16.1 Å². The van der Waals surface area contributed by atoms with E-state index in [0.717, 1.165) is 18.2 Å². The highest BCUT2D eigenvalue weighted by Crippen LogP contribution is 2.33. The Kier molecular flexibility index (Phi) is 4.92. The number of aryl methyl sites for hydroxylation is 1. The maximum Gasteiger partial charge on any atom is 0.416 e. The predicted octanol–water partition coefficient (Wildman–Crippen LogP) is 3.61. The van der Waals surface area contributed by atoms with Crippen molar-refractivity contribution in [3.8, 4) is 0 Å². The summed E-state index contributed by atoms with van der Waals surface area (Å²) >= 11 is 0. The number of carbonyl (C=O) groups is 1. The molecule has 0 aromatic heterocycles. The third-order valence-electron chi connectivity index (χ3n) is 3.48. The first-order valence-corrected chi connectivity index (χ1v) is 8.57. The summed E-state index contributed by atoms with van der Waals surface area (Å²) in [4.78, 5) is 11.6. The van der Waals surface area contributed by atoms with E-state index in [9.17, 15) is 26.4 Å². The van der Waals surface area contributed by atoms with Crippen LogP contribution in [-0.4, -0.2) is 14.2 Å². The molecule has 0 amide bonds. The average Bonchev–Trinajstić information content (AvgIpc) is 2.47. The van der Waals surface area contributed by atoms with Gasteiger partial charge in [0.15, 0.2) is 5.78 Å². The molecule has 0 bridgehead atoms. The Balaban J connectivity index is 2.55. The van der Waals surface area contributed by atoms with Crippen LogP contribution in [0.3, 0.4) is 0 Å². The number of Topliss-reactive ketones (excluding diaryl/α,β-unsaturated/α-hetero) is 1. The van der Waals surface area contributed by atoms with Gasteiger partial charge < -0.3 is 5.32 Å². The number of benzene rings is 2. The topological polar surface area (TPSA) is 89.3 Å². The fourth-order valence-corrected chi connectivity index (χ4v) is 2.90. The van der Waals surface area contributed by atoms with E-state index < -0.39 is 27.5 Å². The minimum atomic E-state index is -4.51. The van der Waals surface area contributed by atoms with Crippen LogP contribution >= 0.6 is 0 Å². The number of nitrogens with one attached hydrogen (secondary N) is 1. The molecule has 2 rings (SSSR count). The number of nitrogens with two attached hydrogens (primary N) is 1. The predicted molar refractivity (Wildman–Crippen MR) is 87.3 cm³/mol. The van der Waals surface area contributed by atoms with Crippen molar-refractivity contribution in [1.82, 2.24) is 0 Å². The molecule has 9 heteroatoms. The SMILES string of the molecule is CC(=O)c1cc(S(N)(=O)=O)cc(C)c1Nc1cccc(C(F)(F)F)c1. The molecule has 0 aliphatic carbocycles. The fraction of sp³-hybridized carbons (Fsp3) is 0.188. The van der Waals surface area contributed by atoms with Gasteiger partial charge in [0, 0.05) is 11.3 Å². The Morgan fingerprint density at radius 2 is 1.80 bits per heavy atom. The van der Waals surface area contributed by atoms with Crippen molar-refractivity contribution in [2.24, 2.45) is 5.14 Å². The Bertz CT molecular complexity index is 938. The molecule has 0 saturated heterocycles. The maximum absolute atomic E-state index is 12.8. The van der Waals surface area contributed by atoms with Crippen LogP contribution in [0, 0.1) is 6.92 Å². The highest BCUT2D eigenvalue weighted by molar-refractivity contribution is 7.89. The molecule has 0 aliphatic rings. The van der Waals surface area contributed by atoms with E-state index in [0.29, 0.717) is 5.56 Å². The summed E-state index contributed by atoms with van der Waals surface area (Å²) in [5.74, 6) is -0.455. The number of anilines is 2. The van der Waals surface area contributed by atoms with Gasteiger partial charge in [-0.1, -0.05) is 6.07 Å². The first kappa shape index (κ1) is 18.9. The van der Waals surface area contributed by atoms with E-state index in [1.54, 1.807) is 0 Å². The number of carbonyl (C=O) groups excluding carboxylic acids is 1. The summed E-state index contributed by atoms with van der Waals surface area (Å²) in [5, 5.41) is 7.84. The monoisotopic (exact) mass is 372 g/mol. The summed E-state index contributed by atoms with van der Waals surface area (Å²) in [5.41, 5.74) is -0.140. The molecule has 0 saturated carbocycles. The second-order valence-electron chi connectivity index (χ2n) is 5.47. The van der Waals surface area contributed by atoms with Gasteiger partial charge >= 0.3 is 6.18 Å². The van der Waals surface area contributed by atoms with Crippen LogP contribution in [0.15, 0.2) is 41.3 Å². The van der Waals surface area contributed by atoms with Gasteiger partial charge in [-0.25, -0.2) is 13.6 Å². The van der Waals surface area contributed by atoms with E-state index in [4.69, 9.17) is 5.14 Å². The molecule has 2 aromatic carbocycles. The Hall–Kier alpha value is -2.39. The van der Waals surface area contributed by atoms with Crippen LogP contribution in [0.1, 0.15) is 28.4 Å². The van der Waals surface area contributed by atoms with Gasteiger partial charge in [-0.05, 0) is 49.7 Å². The molecule has 25 heavy (non-hydrogen) atoms. The summed E-state index contributed by atoms with van der Waals surface area (Å²) in [6, 6.07) is 6.81. The number of primary sulfonamides is 1. The Labute approximate surface area is 142 Å². The van der Waals surface area contributed by atoms with E-state index in [2.05, 4.69) is 5.32 Å². The van der Waals surface area contributed by atoms with E-state index in [-0.39, 0.29) is 21.8 Å². The second-order valence-corrected chi connectivity index (χ2v) is 7.03. The van der Waals surface area contributed by atoms with Crippen molar-refractivity contribution in [1.29, 1.82) is 0 Å². The highest BCUT2D eigenvalue weighted by Gasteiger charge is 2.30. The molecular weight excluding hydrogens is 357 g/mol. The first-order chi connectivity index (χ1) is 11.4. The lowest BCUT2D eigenvalue weighted by Crippen LogP contribution is -2.14. The molecule has 3 N–H and O–H groups in total. The lowest BCUT2D eigenvalue weighted by Gasteiger charge is -2.16. The second kappa shape index (κ2) is 6.49. The number of hydrogen-bond acceptors (Lipinski definition) is 4. The molecule has 0 atom stereocenters. The molecule has 0 radical (unpaired) electrons. The zero-order chi connectivity index (χ0) is 19.0. The molecule has 134 valence electrons. The molecule has 5 nitrogen and oxygen atoms in total. The molecule has 0 fully saturated rings. The van der Waals surface area contributed by atoms with Gasteiger partial charge in [0.25, 0.3) is 0 Å². The third kappa shape index (κ3) is 4.37. The fourth-order valence-electron chi connectivity index (χ4n) is 2.28. The zero-order valence-electron chi connectivity index (χ0n) is 13.3. The molecule has 0 heterocycles. The molecule has 0 aliphatic heterocycles. The first-order valence-electron chi connectivity index (χ1n) is 7.02. The summed E-state index contributed by atoms with van der Waals surface area (Å²) in [6.45, 7) is 2.75. The van der Waals surface area contributed by atoms with Crippen molar-refractivity contribution in [2.75, 3.05) is 5.32 Å². The normalized spacial score (nSPS) is 12.1.